The molecule has 0 unspecified atom stereocenters. The Morgan fingerprint density at radius 2 is 1.67 bits per heavy atom. The Morgan fingerprint density at radius 3 is 2.19 bits per heavy atom. The molecule has 0 amide bonds. The van der Waals surface area contributed by atoms with E-state index in [1.54, 1.807) is 13.8 Å². The largest absolute Gasteiger partial charge is 0.465 e. The van der Waals surface area contributed by atoms with E-state index in [-0.39, 0.29) is 13.2 Å². The van der Waals surface area contributed by atoms with Gasteiger partial charge in [-0.3, -0.25) is 9.59 Å². The molecule has 0 saturated heterocycles. The van der Waals surface area contributed by atoms with Crippen molar-refractivity contribution in [2.75, 3.05) is 13.2 Å². The fourth-order valence-corrected chi connectivity index (χ4v) is 2.38. The zero-order valence-electron chi connectivity index (χ0n) is 12.5. The number of carbonyl (C=O) groups is 2. The molecule has 0 fully saturated rings. The van der Waals surface area contributed by atoms with E-state index in [0.717, 1.165) is 10.9 Å². The number of nitrogens with zero attached hydrogens (tertiary/aromatic N) is 1. The van der Waals surface area contributed by atoms with Gasteiger partial charge in [0.05, 0.1) is 13.2 Å². The van der Waals surface area contributed by atoms with Gasteiger partial charge in [-0.15, -0.1) is 0 Å². The Kier molecular flexibility index (Phi) is 4.62. The first-order valence-electron chi connectivity index (χ1n) is 6.97. The van der Waals surface area contributed by atoms with Gasteiger partial charge < -0.3 is 14.0 Å². The van der Waals surface area contributed by atoms with Crippen molar-refractivity contribution in [3.05, 3.63) is 36.0 Å². The van der Waals surface area contributed by atoms with Gasteiger partial charge in [0.2, 0.25) is 0 Å². The Morgan fingerprint density at radius 1 is 1.10 bits per heavy atom. The maximum atomic E-state index is 12.2. The highest BCUT2D eigenvalue weighted by Gasteiger charge is 2.34. The molecule has 5 nitrogen and oxygen atoms in total. The van der Waals surface area contributed by atoms with Crippen molar-refractivity contribution >= 4 is 22.8 Å². The minimum atomic E-state index is -1.05. The van der Waals surface area contributed by atoms with E-state index in [0.29, 0.717) is 5.69 Å². The Bertz CT molecular complexity index is 641. The van der Waals surface area contributed by atoms with Crippen LogP contribution in [0.5, 0.6) is 0 Å². The van der Waals surface area contributed by atoms with Gasteiger partial charge in [0, 0.05) is 18.3 Å². The van der Waals surface area contributed by atoms with Crippen LogP contribution in [0.25, 0.3) is 10.9 Å². The summed E-state index contributed by atoms with van der Waals surface area (Å²) in [7, 11) is 1.82. The van der Waals surface area contributed by atoms with E-state index in [1.165, 1.54) is 0 Å². The van der Waals surface area contributed by atoms with Gasteiger partial charge in [0.25, 0.3) is 0 Å². The summed E-state index contributed by atoms with van der Waals surface area (Å²) in [4.78, 5) is 24.3. The predicted octanol–water partition coefficient (Wildman–Crippen LogP) is 2.39. The van der Waals surface area contributed by atoms with Crippen LogP contribution in [0.3, 0.4) is 0 Å². The van der Waals surface area contributed by atoms with Crippen LogP contribution in [-0.4, -0.2) is 29.7 Å². The van der Waals surface area contributed by atoms with Gasteiger partial charge >= 0.3 is 11.9 Å². The smallest absolute Gasteiger partial charge is 0.326 e. The fourth-order valence-electron chi connectivity index (χ4n) is 2.38. The molecule has 0 radical (unpaired) electrons. The zero-order chi connectivity index (χ0) is 15.4. The van der Waals surface area contributed by atoms with Crippen molar-refractivity contribution in [2.45, 2.75) is 19.8 Å². The van der Waals surface area contributed by atoms with E-state index in [9.17, 15) is 9.59 Å². The molecule has 1 heterocycles. The lowest BCUT2D eigenvalue weighted by Crippen LogP contribution is -2.27. The van der Waals surface area contributed by atoms with Crippen LogP contribution in [0.2, 0.25) is 0 Å². The minimum absolute atomic E-state index is 0.221. The Balaban J connectivity index is 2.50. The number of rotatable bonds is 5. The minimum Gasteiger partial charge on any atom is -0.465 e. The summed E-state index contributed by atoms with van der Waals surface area (Å²) < 4.78 is 11.9. The quantitative estimate of drug-likeness (QED) is 0.626. The molecule has 0 bridgehead atoms. The predicted molar refractivity (Wildman–Crippen MR) is 78.9 cm³/mol. The highest BCUT2D eigenvalue weighted by molar-refractivity contribution is 6.01. The second kappa shape index (κ2) is 6.43. The van der Waals surface area contributed by atoms with Crippen LogP contribution >= 0.6 is 0 Å². The van der Waals surface area contributed by atoms with Gasteiger partial charge in [-0.05, 0) is 31.4 Å². The second-order valence-corrected chi connectivity index (χ2v) is 4.62. The molecule has 0 saturated carbocycles. The molecule has 112 valence electrons. The maximum absolute atomic E-state index is 12.2. The van der Waals surface area contributed by atoms with Gasteiger partial charge in [0.1, 0.15) is 0 Å². The molecule has 21 heavy (non-hydrogen) atoms. The van der Waals surface area contributed by atoms with Gasteiger partial charge in [-0.2, -0.15) is 0 Å². The summed E-state index contributed by atoms with van der Waals surface area (Å²) in [6.07, 6.45) is 0. The van der Waals surface area contributed by atoms with Gasteiger partial charge in [0.15, 0.2) is 5.92 Å². The van der Waals surface area contributed by atoms with Crippen molar-refractivity contribution in [3.8, 4) is 0 Å². The normalized spacial score (nSPS) is 10.9. The summed E-state index contributed by atoms with van der Waals surface area (Å²) in [5.41, 5.74) is 1.53. The zero-order valence-corrected chi connectivity index (χ0v) is 12.5. The summed E-state index contributed by atoms with van der Waals surface area (Å²) in [6.45, 7) is 3.86. The molecule has 1 aromatic carbocycles. The Labute approximate surface area is 123 Å². The number of hydrogen-bond acceptors (Lipinski definition) is 4. The molecule has 5 heteroatoms. The molecule has 0 atom stereocenters. The molecule has 0 N–H and O–H groups in total. The number of aromatic nitrogens is 1. The van der Waals surface area contributed by atoms with Crippen molar-refractivity contribution in [3.63, 3.8) is 0 Å². The number of aryl methyl sites for hydroxylation is 1. The summed E-state index contributed by atoms with van der Waals surface area (Å²) >= 11 is 0. The van der Waals surface area contributed by atoms with Crippen LogP contribution in [-0.2, 0) is 26.1 Å². The lowest BCUT2D eigenvalue weighted by Gasteiger charge is -2.15. The number of para-hydroxylation sites is 1. The topological polar surface area (TPSA) is 57.5 Å². The Hall–Kier alpha value is -2.30. The molecule has 2 rings (SSSR count). The van der Waals surface area contributed by atoms with E-state index in [2.05, 4.69) is 0 Å². The third kappa shape index (κ3) is 2.91. The van der Waals surface area contributed by atoms with E-state index >= 15 is 0 Å². The molecule has 0 aliphatic heterocycles. The van der Waals surface area contributed by atoms with Crippen LogP contribution in [0.1, 0.15) is 25.5 Å². The summed E-state index contributed by atoms with van der Waals surface area (Å²) in [6, 6.07) is 9.53. The third-order valence-corrected chi connectivity index (χ3v) is 3.33. The fraction of sp³-hybridized carbons (Fsp3) is 0.375. The number of fused-ring (bicyclic) bond motifs is 1. The van der Waals surface area contributed by atoms with Crippen molar-refractivity contribution < 1.29 is 19.1 Å². The number of ether oxygens (including phenoxy) is 2. The monoisotopic (exact) mass is 289 g/mol. The van der Waals surface area contributed by atoms with E-state index in [1.807, 2.05) is 41.9 Å². The number of carbonyl (C=O) groups excluding carboxylic acids is 2. The first-order valence-corrected chi connectivity index (χ1v) is 6.97. The van der Waals surface area contributed by atoms with Gasteiger partial charge in [-0.25, -0.2) is 0 Å². The standard InChI is InChI=1S/C16H19NO4/c1-4-20-15(18)14(16(19)21-5-2)13-10-11-8-6-7-9-12(11)17(13)3/h6-10,14H,4-5H2,1-3H3. The van der Waals surface area contributed by atoms with Crippen molar-refractivity contribution in [1.29, 1.82) is 0 Å². The molecule has 0 aliphatic rings. The maximum Gasteiger partial charge on any atom is 0.326 e. The van der Waals surface area contributed by atoms with Crippen LogP contribution < -0.4 is 0 Å². The van der Waals surface area contributed by atoms with Crippen molar-refractivity contribution in [2.24, 2.45) is 7.05 Å². The lowest BCUT2D eigenvalue weighted by atomic mass is 10.1. The summed E-state index contributed by atoms with van der Waals surface area (Å²) in [5, 5.41) is 0.966. The first kappa shape index (κ1) is 15.1. The second-order valence-electron chi connectivity index (χ2n) is 4.62. The lowest BCUT2D eigenvalue weighted by molar-refractivity contribution is -0.157. The highest BCUT2D eigenvalue weighted by Crippen LogP contribution is 2.26. The van der Waals surface area contributed by atoms with Crippen LogP contribution in [0.4, 0.5) is 0 Å². The molecular formula is C16H19NO4. The van der Waals surface area contributed by atoms with E-state index in [4.69, 9.17) is 9.47 Å². The number of esters is 2. The van der Waals surface area contributed by atoms with Crippen LogP contribution in [0.15, 0.2) is 30.3 Å². The molecule has 2 aromatic rings. The van der Waals surface area contributed by atoms with Gasteiger partial charge in [-0.1, -0.05) is 18.2 Å². The molecule has 0 spiro atoms. The first-order chi connectivity index (χ1) is 10.1. The average molecular weight is 289 g/mol. The SMILES string of the molecule is CCOC(=O)C(C(=O)OCC)c1cc2ccccc2n1C. The van der Waals surface area contributed by atoms with Crippen molar-refractivity contribution in [1.82, 2.24) is 4.57 Å². The summed E-state index contributed by atoms with van der Waals surface area (Å²) in [5.74, 6) is -2.22. The van der Waals surface area contributed by atoms with E-state index < -0.39 is 17.9 Å². The number of hydrogen-bond donors (Lipinski definition) is 0. The average Bonchev–Trinajstić information content (AvgIpc) is 2.78. The molecular weight excluding hydrogens is 270 g/mol. The van der Waals surface area contributed by atoms with Crippen LogP contribution in [0, 0.1) is 0 Å². The molecule has 1 aromatic heterocycles. The number of benzene rings is 1. The molecule has 0 aliphatic carbocycles. The highest BCUT2D eigenvalue weighted by atomic mass is 16.6. The third-order valence-electron chi connectivity index (χ3n) is 3.33.